The van der Waals surface area contributed by atoms with E-state index in [1.807, 2.05) is 29.2 Å². The highest BCUT2D eigenvalue weighted by molar-refractivity contribution is 6.05. The summed E-state index contributed by atoms with van der Waals surface area (Å²) in [4.78, 5) is 32.1. The zero-order valence-electron chi connectivity index (χ0n) is 17.2. The maximum Gasteiger partial charge on any atom is 0.254 e. The van der Waals surface area contributed by atoms with E-state index in [1.165, 1.54) is 5.56 Å². The molecule has 3 aliphatic rings. The van der Waals surface area contributed by atoms with Gasteiger partial charge in [0.15, 0.2) is 0 Å². The zero-order valence-corrected chi connectivity index (χ0v) is 17.2. The van der Waals surface area contributed by atoms with Gasteiger partial charge in [-0.1, -0.05) is 30.3 Å². The second-order valence-electron chi connectivity index (χ2n) is 8.48. The number of benzene rings is 2. The first kappa shape index (κ1) is 19.1. The molecule has 30 heavy (non-hydrogen) atoms. The van der Waals surface area contributed by atoms with E-state index in [1.54, 1.807) is 0 Å². The number of amides is 2. The van der Waals surface area contributed by atoms with Gasteiger partial charge in [0, 0.05) is 44.8 Å². The molecule has 2 amide bonds. The fourth-order valence-corrected chi connectivity index (χ4v) is 4.86. The lowest BCUT2D eigenvalue weighted by Crippen LogP contribution is -2.50. The van der Waals surface area contributed by atoms with E-state index in [-0.39, 0.29) is 17.9 Å². The van der Waals surface area contributed by atoms with Crippen molar-refractivity contribution in [3.8, 4) is 0 Å². The van der Waals surface area contributed by atoms with Gasteiger partial charge in [0.05, 0.1) is 11.4 Å². The Bertz CT molecular complexity index is 937. The Labute approximate surface area is 177 Å². The van der Waals surface area contributed by atoms with Crippen LogP contribution in [0.15, 0.2) is 48.5 Å². The highest BCUT2D eigenvalue weighted by Gasteiger charge is 2.35. The molecule has 2 saturated heterocycles. The number of nitrogens with zero attached hydrogens (tertiary/aromatic N) is 3. The quantitative estimate of drug-likeness (QED) is 0.855. The standard InChI is InChI=1S/C24H28N4O2/c29-23-22-8-4-5-11-28(22)21-10-9-19(16-20(21)25-23)24(30)27-14-12-26(13-15-27)17-18-6-2-1-3-7-18/h1-3,6-7,9-10,16,22H,4-5,8,11-15,17H2,(H,25,29). The van der Waals surface area contributed by atoms with E-state index in [0.717, 1.165) is 69.9 Å². The Morgan fingerprint density at radius 1 is 0.967 bits per heavy atom. The van der Waals surface area contributed by atoms with Crippen LogP contribution in [0, 0.1) is 0 Å². The molecule has 2 aromatic rings. The van der Waals surface area contributed by atoms with Crippen molar-refractivity contribution >= 4 is 23.2 Å². The van der Waals surface area contributed by atoms with Gasteiger partial charge in [0.25, 0.3) is 5.91 Å². The molecule has 2 fully saturated rings. The number of carbonyl (C=O) groups excluding carboxylic acids is 2. The molecule has 0 spiro atoms. The van der Waals surface area contributed by atoms with Gasteiger partial charge in [-0.2, -0.15) is 0 Å². The Kier molecular flexibility index (Phi) is 5.17. The summed E-state index contributed by atoms with van der Waals surface area (Å²) in [6.07, 6.45) is 3.10. The van der Waals surface area contributed by atoms with Crippen molar-refractivity contribution in [2.45, 2.75) is 31.8 Å². The van der Waals surface area contributed by atoms with E-state index < -0.39 is 0 Å². The molecule has 0 aliphatic carbocycles. The molecule has 0 aromatic heterocycles. The monoisotopic (exact) mass is 404 g/mol. The summed E-state index contributed by atoms with van der Waals surface area (Å²) in [5.41, 5.74) is 3.77. The van der Waals surface area contributed by atoms with Gasteiger partial charge in [-0.05, 0) is 43.0 Å². The average molecular weight is 405 g/mol. The van der Waals surface area contributed by atoms with Gasteiger partial charge in [-0.25, -0.2) is 0 Å². The molecule has 1 N–H and O–H groups in total. The lowest BCUT2D eigenvalue weighted by molar-refractivity contribution is -0.118. The van der Waals surface area contributed by atoms with Crippen molar-refractivity contribution in [1.82, 2.24) is 9.80 Å². The predicted octanol–water partition coefficient (Wildman–Crippen LogP) is 2.96. The van der Waals surface area contributed by atoms with Crippen molar-refractivity contribution in [2.24, 2.45) is 0 Å². The fourth-order valence-electron chi connectivity index (χ4n) is 4.86. The second kappa shape index (κ2) is 8.11. The lowest BCUT2D eigenvalue weighted by atomic mass is 9.96. The topological polar surface area (TPSA) is 55.9 Å². The minimum atomic E-state index is -0.0644. The van der Waals surface area contributed by atoms with E-state index in [0.29, 0.717) is 5.56 Å². The van der Waals surface area contributed by atoms with Gasteiger partial charge < -0.3 is 15.1 Å². The van der Waals surface area contributed by atoms with Crippen molar-refractivity contribution in [3.63, 3.8) is 0 Å². The van der Waals surface area contributed by atoms with Crippen LogP contribution in [-0.2, 0) is 11.3 Å². The van der Waals surface area contributed by atoms with Crippen LogP contribution in [0.5, 0.6) is 0 Å². The molecular formula is C24H28N4O2. The van der Waals surface area contributed by atoms with Crippen LogP contribution in [0.1, 0.15) is 35.2 Å². The van der Waals surface area contributed by atoms with Gasteiger partial charge in [0.2, 0.25) is 5.91 Å². The number of hydrogen-bond donors (Lipinski definition) is 1. The zero-order chi connectivity index (χ0) is 20.5. The normalized spacial score (nSPS) is 21.6. The Hall–Kier alpha value is -2.86. The highest BCUT2D eigenvalue weighted by Crippen LogP contribution is 2.36. The first-order valence-corrected chi connectivity index (χ1v) is 11.0. The summed E-state index contributed by atoms with van der Waals surface area (Å²) >= 11 is 0. The molecule has 0 radical (unpaired) electrons. The van der Waals surface area contributed by atoms with E-state index in [4.69, 9.17) is 0 Å². The second-order valence-corrected chi connectivity index (χ2v) is 8.48. The van der Waals surface area contributed by atoms with Crippen molar-refractivity contribution < 1.29 is 9.59 Å². The number of piperidine rings is 1. The molecule has 0 saturated carbocycles. The number of carbonyl (C=O) groups is 2. The molecule has 1 atom stereocenters. The minimum Gasteiger partial charge on any atom is -0.358 e. The molecule has 3 aliphatic heterocycles. The molecule has 5 rings (SSSR count). The molecule has 3 heterocycles. The molecule has 2 aromatic carbocycles. The van der Waals surface area contributed by atoms with Crippen molar-refractivity contribution in [1.29, 1.82) is 0 Å². The van der Waals surface area contributed by atoms with Crippen LogP contribution in [0.3, 0.4) is 0 Å². The minimum absolute atomic E-state index is 0.0483. The first-order valence-electron chi connectivity index (χ1n) is 11.0. The summed E-state index contributed by atoms with van der Waals surface area (Å²) in [7, 11) is 0. The molecule has 156 valence electrons. The van der Waals surface area contributed by atoms with Crippen LogP contribution in [-0.4, -0.2) is 60.4 Å². The highest BCUT2D eigenvalue weighted by atomic mass is 16.2. The summed E-state index contributed by atoms with van der Waals surface area (Å²) in [6.45, 7) is 5.02. The number of rotatable bonds is 3. The van der Waals surface area contributed by atoms with Crippen LogP contribution in [0.2, 0.25) is 0 Å². The van der Waals surface area contributed by atoms with Crippen LogP contribution in [0.4, 0.5) is 11.4 Å². The average Bonchev–Trinajstić information content (AvgIpc) is 2.80. The number of fused-ring (bicyclic) bond motifs is 3. The SMILES string of the molecule is O=C1Nc2cc(C(=O)N3CCN(Cc4ccccc4)CC3)ccc2N2CCCCC12. The van der Waals surface area contributed by atoms with E-state index >= 15 is 0 Å². The first-order chi connectivity index (χ1) is 14.7. The summed E-state index contributed by atoms with van der Waals surface area (Å²) in [5, 5.41) is 3.03. The number of nitrogens with one attached hydrogen (secondary N) is 1. The molecule has 1 unspecified atom stereocenters. The number of piperazine rings is 1. The molecule has 0 bridgehead atoms. The van der Waals surface area contributed by atoms with Gasteiger partial charge >= 0.3 is 0 Å². The summed E-state index contributed by atoms with van der Waals surface area (Å²) < 4.78 is 0. The Morgan fingerprint density at radius 3 is 2.57 bits per heavy atom. The van der Waals surface area contributed by atoms with Gasteiger partial charge in [0.1, 0.15) is 6.04 Å². The van der Waals surface area contributed by atoms with Crippen molar-refractivity contribution in [3.05, 3.63) is 59.7 Å². The van der Waals surface area contributed by atoms with Crippen LogP contribution >= 0.6 is 0 Å². The fraction of sp³-hybridized carbons (Fsp3) is 0.417. The third-order valence-corrected chi connectivity index (χ3v) is 6.52. The Morgan fingerprint density at radius 2 is 1.77 bits per heavy atom. The van der Waals surface area contributed by atoms with E-state index in [9.17, 15) is 9.59 Å². The van der Waals surface area contributed by atoms with E-state index in [2.05, 4.69) is 39.4 Å². The third kappa shape index (κ3) is 3.67. The largest absolute Gasteiger partial charge is 0.358 e. The summed E-state index contributed by atoms with van der Waals surface area (Å²) in [6, 6.07) is 16.2. The van der Waals surface area contributed by atoms with Crippen LogP contribution < -0.4 is 10.2 Å². The number of anilines is 2. The van der Waals surface area contributed by atoms with Crippen molar-refractivity contribution in [2.75, 3.05) is 42.9 Å². The van der Waals surface area contributed by atoms with Gasteiger partial charge in [-0.15, -0.1) is 0 Å². The summed E-state index contributed by atoms with van der Waals surface area (Å²) in [5.74, 6) is 0.105. The maximum atomic E-state index is 13.1. The van der Waals surface area contributed by atoms with Crippen LogP contribution in [0.25, 0.3) is 0 Å². The maximum absolute atomic E-state index is 13.1. The smallest absolute Gasteiger partial charge is 0.254 e. The third-order valence-electron chi connectivity index (χ3n) is 6.52. The molecular weight excluding hydrogens is 376 g/mol. The lowest BCUT2D eigenvalue weighted by Gasteiger charge is -2.41. The van der Waals surface area contributed by atoms with Gasteiger partial charge in [-0.3, -0.25) is 14.5 Å². The predicted molar refractivity (Wildman–Crippen MR) is 118 cm³/mol. The molecule has 6 nitrogen and oxygen atoms in total. The number of hydrogen-bond acceptors (Lipinski definition) is 4. The Balaban J connectivity index is 1.25. The molecule has 6 heteroatoms.